The minimum Gasteiger partial charge on any atom is -0.497 e. The van der Waals surface area contributed by atoms with Crippen LogP contribution < -0.4 is 21.1 Å². The Kier molecular flexibility index (Phi) is 9.45. The largest absolute Gasteiger partial charge is 0.497 e. The fourth-order valence-corrected chi connectivity index (χ4v) is 3.31. The number of nitrogens with two attached hydrogens (primary N) is 1. The van der Waals surface area contributed by atoms with E-state index in [-0.39, 0.29) is 0 Å². The predicted molar refractivity (Wildman–Crippen MR) is 123 cm³/mol. The Morgan fingerprint density at radius 1 is 0.935 bits per heavy atom. The van der Waals surface area contributed by atoms with E-state index >= 15 is 0 Å². The van der Waals surface area contributed by atoms with Gasteiger partial charge in [0.05, 0.1) is 38.4 Å². The molecule has 0 saturated heterocycles. The molecule has 0 unspecified atom stereocenters. The first-order valence-electron chi connectivity index (χ1n) is 10.0. The maximum Gasteiger partial charge on any atom is 0.228 e. The third kappa shape index (κ3) is 7.76. The summed E-state index contributed by atoms with van der Waals surface area (Å²) in [4.78, 5) is 14.6. The van der Waals surface area contributed by atoms with Crippen molar-refractivity contribution in [3.8, 4) is 16.5 Å². The zero-order valence-electron chi connectivity index (χ0n) is 17.5. The maximum atomic E-state index is 5.54. The minimum absolute atomic E-state index is 0.495. The van der Waals surface area contributed by atoms with Crippen molar-refractivity contribution in [2.24, 2.45) is 5.73 Å². The average molecular weight is 445 g/mol. The Bertz CT molecular complexity index is 910. The topological polar surface area (TPSA) is 116 Å². The smallest absolute Gasteiger partial charge is 0.228 e. The van der Waals surface area contributed by atoms with E-state index in [4.69, 9.17) is 19.9 Å². The molecule has 0 amide bonds. The minimum atomic E-state index is 0.495. The van der Waals surface area contributed by atoms with E-state index in [1.54, 1.807) is 18.4 Å². The first-order chi connectivity index (χ1) is 15.3. The summed E-state index contributed by atoms with van der Waals surface area (Å²) in [6, 6.07) is 11.8. The SMILES string of the molecule is COc1cccc(CNc2nc(NCCOCCOCCN)nc(-c3cccs3)n2)c1. The monoisotopic (exact) mass is 444 g/mol. The fraction of sp³-hybridized carbons (Fsp3) is 0.381. The van der Waals surface area contributed by atoms with Gasteiger partial charge in [-0.15, -0.1) is 11.3 Å². The lowest BCUT2D eigenvalue weighted by Gasteiger charge is -2.11. The fourth-order valence-electron chi connectivity index (χ4n) is 2.65. The van der Waals surface area contributed by atoms with Crippen LogP contribution in [0.15, 0.2) is 41.8 Å². The number of aromatic nitrogens is 3. The molecule has 0 spiro atoms. The molecular formula is C21H28N6O3S. The maximum absolute atomic E-state index is 5.54. The number of thiophene rings is 1. The van der Waals surface area contributed by atoms with Crippen LogP contribution in [0.4, 0.5) is 11.9 Å². The van der Waals surface area contributed by atoms with Gasteiger partial charge in [0.15, 0.2) is 5.82 Å². The molecular weight excluding hydrogens is 416 g/mol. The second-order valence-electron chi connectivity index (χ2n) is 6.43. The van der Waals surface area contributed by atoms with Crippen LogP contribution in [-0.2, 0) is 16.0 Å². The third-order valence-electron chi connectivity index (χ3n) is 4.13. The summed E-state index contributed by atoms with van der Waals surface area (Å²) in [6.07, 6.45) is 0. The van der Waals surface area contributed by atoms with E-state index in [2.05, 4.69) is 25.6 Å². The summed E-state index contributed by atoms with van der Waals surface area (Å²) in [6.45, 7) is 3.76. The number of hydrogen-bond acceptors (Lipinski definition) is 10. The Morgan fingerprint density at radius 3 is 2.48 bits per heavy atom. The molecule has 0 fully saturated rings. The van der Waals surface area contributed by atoms with Gasteiger partial charge in [0, 0.05) is 19.6 Å². The lowest BCUT2D eigenvalue weighted by Crippen LogP contribution is -2.16. The molecule has 0 bridgehead atoms. The molecule has 2 aromatic heterocycles. The van der Waals surface area contributed by atoms with Crippen LogP contribution in [0, 0.1) is 0 Å². The normalized spacial score (nSPS) is 10.8. The molecule has 2 heterocycles. The van der Waals surface area contributed by atoms with E-state index in [9.17, 15) is 0 Å². The van der Waals surface area contributed by atoms with Crippen molar-refractivity contribution >= 4 is 23.2 Å². The van der Waals surface area contributed by atoms with Crippen molar-refractivity contribution < 1.29 is 14.2 Å². The lowest BCUT2D eigenvalue weighted by molar-refractivity contribution is 0.0547. The first kappa shape index (κ1) is 22.9. The van der Waals surface area contributed by atoms with Gasteiger partial charge in [-0.2, -0.15) is 15.0 Å². The third-order valence-corrected chi connectivity index (χ3v) is 4.99. The van der Waals surface area contributed by atoms with E-state index in [1.165, 1.54) is 0 Å². The van der Waals surface area contributed by atoms with Crippen LogP contribution in [-0.4, -0.2) is 61.6 Å². The van der Waals surface area contributed by atoms with Gasteiger partial charge in [0.2, 0.25) is 11.9 Å². The highest BCUT2D eigenvalue weighted by molar-refractivity contribution is 7.13. The molecule has 0 aliphatic carbocycles. The van der Waals surface area contributed by atoms with Crippen molar-refractivity contribution in [3.63, 3.8) is 0 Å². The number of ether oxygens (including phenoxy) is 3. The number of anilines is 2. The summed E-state index contributed by atoms with van der Waals surface area (Å²) < 4.78 is 16.1. The zero-order valence-corrected chi connectivity index (χ0v) is 18.4. The highest BCUT2D eigenvalue weighted by Gasteiger charge is 2.09. The van der Waals surface area contributed by atoms with Gasteiger partial charge in [-0.1, -0.05) is 18.2 Å². The van der Waals surface area contributed by atoms with Crippen LogP contribution in [0.1, 0.15) is 5.56 Å². The van der Waals surface area contributed by atoms with Crippen molar-refractivity contribution in [3.05, 3.63) is 47.3 Å². The zero-order chi connectivity index (χ0) is 21.7. The van der Waals surface area contributed by atoms with Crippen molar-refractivity contribution in [1.82, 2.24) is 15.0 Å². The van der Waals surface area contributed by atoms with E-state index in [1.807, 2.05) is 41.8 Å². The molecule has 31 heavy (non-hydrogen) atoms. The van der Waals surface area contributed by atoms with E-state index < -0.39 is 0 Å². The molecule has 0 atom stereocenters. The second kappa shape index (κ2) is 12.8. The number of nitrogens with one attached hydrogen (secondary N) is 2. The molecule has 0 radical (unpaired) electrons. The van der Waals surface area contributed by atoms with Gasteiger partial charge >= 0.3 is 0 Å². The number of benzene rings is 1. The molecule has 10 heteroatoms. The van der Waals surface area contributed by atoms with Gasteiger partial charge in [0.25, 0.3) is 0 Å². The molecule has 0 saturated carbocycles. The summed E-state index contributed by atoms with van der Waals surface area (Å²) in [5.41, 5.74) is 6.44. The summed E-state index contributed by atoms with van der Waals surface area (Å²) in [5, 5.41) is 8.47. The van der Waals surface area contributed by atoms with Crippen LogP contribution in [0.25, 0.3) is 10.7 Å². The quantitative estimate of drug-likeness (QED) is 0.323. The van der Waals surface area contributed by atoms with Gasteiger partial charge in [0.1, 0.15) is 5.75 Å². The average Bonchev–Trinajstić information content (AvgIpc) is 3.35. The van der Waals surface area contributed by atoms with Crippen molar-refractivity contribution in [2.75, 3.05) is 57.3 Å². The highest BCUT2D eigenvalue weighted by Crippen LogP contribution is 2.23. The van der Waals surface area contributed by atoms with E-state index in [0.717, 1.165) is 16.2 Å². The Balaban J connectivity index is 1.59. The van der Waals surface area contributed by atoms with Gasteiger partial charge in [-0.3, -0.25) is 0 Å². The van der Waals surface area contributed by atoms with Gasteiger partial charge in [-0.05, 0) is 29.1 Å². The Hall–Kier alpha value is -2.79. The molecule has 0 aliphatic rings. The van der Waals surface area contributed by atoms with Crippen LogP contribution in [0.3, 0.4) is 0 Å². The van der Waals surface area contributed by atoms with Gasteiger partial charge in [-0.25, -0.2) is 0 Å². The molecule has 1 aromatic carbocycles. The van der Waals surface area contributed by atoms with Crippen LogP contribution >= 0.6 is 11.3 Å². The van der Waals surface area contributed by atoms with Gasteiger partial charge < -0.3 is 30.6 Å². The number of hydrogen-bond donors (Lipinski definition) is 3. The molecule has 9 nitrogen and oxygen atoms in total. The molecule has 0 aliphatic heterocycles. The predicted octanol–water partition coefficient (Wildman–Crippen LogP) is 2.62. The second-order valence-corrected chi connectivity index (χ2v) is 7.38. The molecule has 3 aromatic rings. The van der Waals surface area contributed by atoms with Crippen LogP contribution in [0.5, 0.6) is 5.75 Å². The van der Waals surface area contributed by atoms with Crippen LogP contribution in [0.2, 0.25) is 0 Å². The Morgan fingerprint density at radius 2 is 1.74 bits per heavy atom. The summed E-state index contributed by atoms with van der Waals surface area (Å²) in [7, 11) is 1.65. The number of nitrogens with zero attached hydrogens (tertiary/aromatic N) is 3. The molecule has 166 valence electrons. The first-order valence-corrected chi connectivity index (χ1v) is 10.9. The number of methoxy groups -OCH3 is 1. The molecule has 3 rings (SSSR count). The molecule has 4 N–H and O–H groups in total. The van der Waals surface area contributed by atoms with Crippen molar-refractivity contribution in [1.29, 1.82) is 0 Å². The standard InChI is InChI=1S/C21H28N6O3S/c1-28-17-5-2-4-16(14-17)15-24-21-26-19(18-6-3-13-31-18)25-20(27-21)23-8-10-30-12-11-29-9-7-22/h2-6,13-14H,7-12,15,22H2,1H3,(H2,23,24,25,26,27). The van der Waals surface area contributed by atoms with Crippen molar-refractivity contribution in [2.45, 2.75) is 6.54 Å². The van der Waals surface area contributed by atoms with E-state index in [0.29, 0.717) is 63.8 Å². The number of rotatable bonds is 14. The lowest BCUT2D eigenvalue weighted by atomic mass is 10.2. The summed E-state index contributed by atoms with van der Waals surface area (Å²) in [5.74, 6) is 2.43. The highest BCUT2D eigenvalue weighted by atomic mass is 32.1. The summed E-state index contributed by atoms with van der Waals surface area (Å²) >= 11 is 1.58. The Labute approximate surface area is 186 Å².